The van der Waals surface area contributed by atoms with Crippen LogP contribution in [0.25, 0.3) is 10.9 Å². The van der Waals surface area contributed by atoms with E-state index in [2.05, 4.69) is 15.6 Å². The van der Waals surface area contributed by atoms with Gasteiger partial charge in [-0.1, -0.05) is 24.3 Å². The molecule has 4 aromatic rings. The van der Waals surface area contributed by atoms with E-state index in [1.54, 1.807) is 6.07 Å². The third kappa shape index (κ3) is 4.31. The van der Waals surface area contributed by atoms with Crippen LogP contribution in [-0.4, -0.2) is 22.8 Å². The molecule has 2 unspecified atom stereocenters. The average molecular weight is 422 g/mol. The van der Waals surface area contributed by atoms with Crippen molar-refractivity contribution in [1.82, 2.24) is 15.6 Å². The van der Waals surface area contributed by atoms with Crippen LogP contribution in [0.2, 0.25) is 0 Å². The van der Waals surface area contributed by atoms with Crippen LogP contribution in [0.1, 0.15) is 39.7 Å². The second-order valence-corrected chi connectivity index (χ2v) is 8.19. The fourth-order valence-electron chi connectivity index (χ4n) is 3.44. The van der Waals surface area contributed by atoms with Crippen LogP contribution in [0.15, 0.2) is 64.5 Å². The molecule has 3 N–H and O–H groups in total. The van der Waals surface area contributed by atoms with Crippen molar-refractivity contribution in [3.05, 3.63) is 82.1 Å². The molecule has 6 nitrogen and oxygen atoms in total. The molecule has 4 rings (SSSR count). The van der Waals surface area contributed by atoms with E-state index in [0.717, 1.165) is 22.2 Å². The third-order valence-corrected chi connectivity index (χ3v) is 5.88. The average Bonchev–Trinajstić information content (AvgIpc) is 3.48. The van der Waals surface area contributed by atoms with Gasteiger partial charge in [-0.15, -0.1) is 11.3 Å². The van der Waals surface area contributed by atoms with Crippen LogP contribution in [-0.2, 0) is 11.2 Å². The number of hydrogen-bond donors (Lipinski definition) is 3. The monoisotopic (exact) mass is 421 g/mol. The standard InChI is InChI=1S/C23H23N3O3S/c1-14-9-10-20(29-14)15(2)25-22(27)19(26-23(28)21-8-5-11-30-21)12-16-13-24-18-7-4-3-6-17(16)18/h3-11,13,15,19,24H,12H2,1-2H3,(H,25,27)(H,26,28). The number of carbonyl (C=O) groups excluding carboxylic acids is 2. The minimum atomic E-state index is -0.725. The Morgan fingerprint density at radius 2 is 1.93 bits per heavy atom. The summed E-state index contributed by atoms with van der Waals surface area (Å²) in [6.07, 6.45) is 2.26. The van der Waals surface area contributed by atoms with Gasteiger partial charge >= 0.3 is 0 Å². The number of para-hydroxylation sites is 1. The van der Waals surface area contributed by atoms with Gasteiger partial charge in [-0.2, -0.15) is 0 Å². The molecule has 0 aliphatic carbocycles. The smallest absolute Gasteiger partial charge is 0.262 e. The first kappa shape index (κ1) is 20.0. The number of aromatic amines is 1. The highest BCUT2D eigenvalue weighted by Crippen LogP contribution is 2.21. The molecule has 7 heteroatoms. The molecule has 30 heavy (non-hydrogen) atoms. The summed E-state index contributed by atoms with van der Waals surface area (Å²) in [5.41, 5.74) is 1.97. The number of furan rings is 1. The van der Waals surface area contributed by atoms with Gasteiger partial charge < -0.3 is 20.0 Å². The van der Waals surface area contributed by atoms with Crippen LogP contribution < -0.4 is 10.6 Å². The number of carbonyl (C=O) groups is 2. The number of aryl methyl sites for hydroxylation is 1. The highest BCUT2D eigenvalue weighted by atomic mass is 32.1. The van der Waals surface area contributed by atoms with Gasteiger partial charge in [0.05, 0.1) is 10.9 Å². The molecule has 0 fully saturated rings. The minimum Gasteiger partial charge on any atom is -0.464 e. The van der Waals surface area contributed by atoms with Crippen LogP contribution >= 0.6 is 11.3 Å². The van der Waals surface area contributed by atoms with Crippen molar-refractivity contribution in [3.63, 3.8) is 0 Å². The van der Waals surface area contributed by atoms with E-state index < -0.39 is 6.04 Å². The number of hydrogen-bond acceptors (Lipinski definition) is 4. The first-order valence-electron chi connectivity index (χ1n) is 9.77. The molecule has 0 radical (unpaired) electrons. The molecule has 2 atom stereocenters. The van der Waals surface area contributed by atoms with Crippen molar-refractivity contribution < 1.29 is 14.0 Å². The molecule has 0 spiro atoms. The van der Waals surface area contributed by atoms with Crippen LogP contribution in [0.4, 0.5) is 0 Å². The number of fused-ring (bicyclic) bond motifs is 1. The van der Waals surface area contributed by atoms with Gasteiger partial charge in [0.15, 0.2) is 0 Å². The Labute approximate surface area is 178 Å². The van der Waals surface area contributed by atoms with Gasteiger partial charge in [0.2, 0.25) is 5.91 Å². The van der Waals surface area contributed by atoms with Crippen molar-refractivity contribution in [3.8, 4) is 0 Å². The first-order valence-corrected chi connectivity index (χ1v) is 10.7. The van der Waals surface area contributed by atoms with Gasteiger partial charge in [0.1, 0.15) is 17.6 Å². The maximum absolute atomic E-state index is 13.1. The second kappa shape index (κ2) is 8.59. The molecular formula is C23H23N3O3S. The number of amides is 2. The summed E-state index contributed by atoms with van der Waals surface area (Å²) >= 11 is 1.34. The summed E-state index contributed by atoms with van der Waals surface area (Å²) in [6, 6.07) is 14.1. The van der Waals surface area contributed by atoms with Crippen molar-refractivity contribution in [2.24, 2.45) is 0 Å². The van der Waals surface area contributed by atoms with E-state index in [9.17, 15) is 9.59 Å². The Morgan fingerprint density at radius 1 is 1.10 bits per heavy atom. The summed E-state index contributed by atoms with van der Waals surface area (Å²) in [4.78, 5) is 29.6. The van der Waals surface area contributed by atoms with E-state index in [-0.39, 0.29) is 17.9 Å². The number of H-pyrrole nitrogens is 1. The Morgan fingerprint density at radius 3 is 2.67 bits per heavy atom. The van der Waals surface area contributed by atoms with Gasteiger partial charge in [-0.05, 0) is 49.1 Å². The summed E-state index contributed by atoms with van der Waals surface area (Å²) in [5.74, 6) is 0.946. The molecule has 0 bridgehead atoms. The molecule has 2 amide bonds. The maximum Gasteiger partial charge on any atom is 0.262 e. The number of rotatable bonds is 7. The zero-order chi connectivity index (χ0) is 21.1. The van der Waals surface area contributed by atoms with E-state index >= 15 is 0 Å². The number of thiophene rings is 1. The van der Waals surface area contributed by atoms with Gasteiger partial charge in [0, 0.05) is 23.5 Å². The summed E-state index contributed by atoms with van der Waals surface area (Å²) in [5, 5.41) is 8.74. The Hall–Kier alpha value is -3.32. The second-order valence-electron chi connectivity index (χ2n) is 7.25. The Balaban J connectivity index is 1.55. The summed E-state index contributed by atoms with van der Waals surface area (Å²) in [7, 11) is 0. The number of nitrogens with one attached hydrogen (secondary N) is 3. The summed E-state index contributed by atoms with van der Waals surface area (Å²) in [6.45, 7) is 3.72. The zero-order valence-electron chi connectivity index (χ0n) is 16.8. The largest absolute Gasteiger partial charge is 0.464 e. The fraction of sp³-hybridized carbons (Fsp3) is 0.217. The molecule has 3 heterocycles. The molecule has 1 aromatic carbocycles. The predicted molar refractivity (Wildman–Crippen MR) is 118 cm³/mol. The van der Waals surface area contributed by atoms with E-state index in [4.69, 9.17) is 4.42 Å². The molecule has 0 aliphatic rings. The van der Waals surface area contributed by atoms with Gasteiger partial charge in [-0.25, -0.2) is 0 Å². The van der Waals surface area contributed by atoms with Crippen molar-refractivity contribution in [2.45, 2.75) is 32.4 Å². The van der Waals surface area contributed by atoms with Crippen molar-refractivity contribution >= 4 is 34.1 Å². The highest BCUT2D eigenvalue weighted by Gasteiger charge is 2.25. The molecule has 154 valence electrons. The van der Waals surface area contributed by atoms with Crippen molar-refractivity contribution in [1.29, 1.82) is 0 Å². The molecule has 0 aliphatic heterocycles. The number of benzene rings is 1. The quantitative estimate of drug-likeness (QED) is 0.415. The van der Waals surface area contributed by atoms with Crippen LogP contribution in [0.5, 0.6) is 0 Å². The van der Waals surface area contributed by atoms with Crippen LogP contribution in [0.3, 0.4) is 0 Å². The maximum atomic E-state index is 13.1. The van der Waals surface area contributed by atoms with Crippen molar-refractivity contribution in [2.75, 3.05) is 0 Å². The lowest BCUT2D eigenvalue weighted by Gasteiger charge is -2.20. The lowest BCUT2D eigenvalue weighted by molar-refractivity contribution is -0.123. The fourth-order valence-corrected chi connectivity index (χ4v) is 4.06. The Bertz CT molecular complexity index is 1160. The topological polar surface area (TPSA) is 87.1 Å². The van der Waals surface area contributed by atoms with E-state index in [0.29, 0.717) is 17.1 Å². The van der Waals surface area contributed by atoms with Gasteiger partial charge in [0.25, 0.3) is 5.91 Å². The highest BCUT2D eigenvalue weighted by molar-refractivity contribution is 7.12. The van der Waals surface area contributed by atoms with Crippen LogP contribution in [0, 0.1) is 6.92 Å². The lowest BCUT2D eigenvalue weighted by Crippen LogP contribution is -2.48. The minimum absolute atomic E-state index is 0.258. The van der Waals surface area contributed by atoms with E-state index in [1.165, 1.54) is 11.3 Å². The Kier molecular flexibility index (Phi) is 5.72. The predicted octanol–water partition coefficient (Wildman–Crippen LogP) is 4.35. The summed E-state index contributed by atoms with van der Waals surface area (Å²) < 4.78 is 5.62. The SMILES string of the molecule is Cc1ccc(C(C)NC(=O)C(Cc2c[nH]c3ccccc23)NC(=O)c2cccs2)o1. The lowest BCUT2D eigenvalue weighted by atomic mass is 10.0. The third-order valence-electron chi connectivity index (χ3n) is 5.01. The molecular weight excluding hydrogens is 398 g/mol. The molecule has 0 saturated heterocycles. The normalized spacial score (nSPS) is 13.1. The molecule has 3 aromatic heterocycles. The van der Waals surface area contributed by atoms with E-state index in [1.807, 2.05) is 67.9 Å². The zero-order valence-corrected chi connectivity index (χ0v) is 17.6. The number of aromatic nitrogens is 1. The first-order chi connectivity index (χ1) is 14.5. The molecule has 0 saturated carbocycles. The van der Waals surface area contributed by atoms with Gasteiger partial charge in [-0.3, -0.25) is 9.59 Å².